The van der Waals surface area contributed by atoms with Gasteiger partial charge in [0.1, 0.15) is 0 Å². The minimum absolute atomic E-state index is 0.432. The van der Waals surface area contributed by atoms with Crippen molar-refractivity contribution in [2.75, 3.05) is 4.90 Å². The van der Waals surface area contributed by atoms with E-state index in [0.29, 0.717) is 6.04 Å². The summed E-state index contributed by atoms with van der Waals surface area (Å²) in [5.41, 5.74) is 6.55. The normalized spacial score (nSPS) is 10.8. The third-order valence-corrected chi connectivity index (χ3v) is 3.52. The number of rotatable bonds is 3. The second-order valence-electron chi connectivity index (χ2n) is 5.54. The van der Waals surface area contributed by atoms with Crippen LogP contribution in [0.5, 0.6) is 0 Å². The second-order valence-corrected chi connectivity index (χ2v) is 5.54. The molecule has 0 radical (unpaired) electrons. The molecule has 0 aromatic heterocycles. The van der Waals surface area contributed by atoms with Gasteiger partial charge in [0, 0.05) is 17.4 Å². The summed E-state index contributed by atoms with van der Waals surface area (Å²) in [6, 6.07) is 15.7. The summed E-state index contributed by atoms with van der Waals surface area (Å²) < 4.78 is 0. The van der Waals surface area contributed by atoms with E-state index in [9.17, 15) is 0 Å². The fourth-order valence-electron chi connectivity index (χ4n) is 2.50. The van der Waals surface area contributed by atoms with Gasteiger partial charge in [0.05, 0.1) is 0 Å². The third-order valence-electron chi connectivity index (χ3n) is 3.52. The molecule has 2 aromatic rings. The van der Waals surface area contributed by atoms with Crippen LogP contribution in [0.1, 0.15) is 30.5 Å². The van der Waals surface area contributed by atoms with Crippen molar-refractivity contribution in [3.8, 4) is 0 Å². The minimum atomic E-state index is 0.432. The Morgan fingerprint density at radius 1 is 0.789 bits per heavy atom. The van der Waals surface area contributed by atoms with Crippen LogP contribution in [0.4, 0.5) is 11.4 Å². The summed E-state index contributed by atoms with van der Waals surface area (Å²) in [7, 11) is 0. The zero-order valence-corrected chi connectivity index (χ0v) is 12.6. The van der Waals surface area contributed by atoms with Crippen molar-refractivity contribution in [1.29, 1.82) is 0 Å². The molecule has 2 rings (SSSR count). The maximum absolute atomic E-state index is 2.43. The van der Waals surface area contributed by atoms with Crippen LogP contribution in [0, 0.1) is 20.8 Å². The molecule has 0 aliphatic carbocycles. The minimum Gasteiger partial charge on any atom is -0.338 e. The summed E-state index contributed by atoms with van der Waals surface area (Å²) in [4.78, 5) is 2.43. The standard InChI is InChI=1S/C18H23N/c1-13(2)19(17-9-7-6-8-15(17)4)18-12-14(3)10-11-16(18)5/h6-13H,1-5H3. The Kier molecular flexibility index (Phi) is 3.94. The van der Waals surface area contributed by atoms with Gasteiger partial charge < -0.3 is 4.90 Å². The van der Waals surface area contributed by atoms with Gasteiger partial charge in [-0.25, -0.2) is 0 Å². The SMILES string of the molecule is Cc1ccc(C)c(N(c2ccccc2C)C(C)C)c1. The van der Waals surface area contributed by atoms with Crippen molar-refractivity contribution in [2.24, 2.45) is 0 Å². The zero-order chi connectivity index (χ0) is 14.0. The van der Waals surface area contributed by atoms with Crippen LogP contribution in [0.3, 0.4) is 0 Å². The van der Waals surface area contributed by atoms with Gasteiger partial charge in [0.25, 0.3) is 0 Å². The molecule has 0 bridgehead atoms. The second kappa shape index (κ2) is 5.48. The van der Waals surface area contributed by atoms with Crippen LogP contribution in [0.15, 0.2) is 42.5 Å². The summed E-state index contributed by atoms with van der Waals surface area (Å²) in [6.07, 6.45) is 0. The first-order valence-electron chi connectivity index (χ1n) is 6.93. The fourth-order valence-corrected chi connectivity index (χ4v) is 2.50. The quantitative estimate of drug-likeness (QED) is 0.730. The molecule has 100 valence electrons. The van der Waals surface area contributed by atoms with E-state index >= 15 is 0 Å². The van der Waals surface area contributed by atoms with E-state index in [1.807, 2.05) is 0 Å². The summed E-state index contributed by atoms with van der Waals surface area (Å²) >= 11 is 0. The Morgan fingerprint density at radius 2 is 1.42 bits per heavy atom. The van der Waals surface area contributed by atoms with Crippen molar-refractivity contribution < 1.29 is 0 Å². The van der Waals surface area contributed by atoms with Crippen molar-refractivity contribution in [3.05, 3.63) is 59.2 Å². The Bertz CT molecular complexity index is 570. The summed E-state index contributed by atoms with van der Waals surface area (Å²) in [6.45, 7) is 11.0. The lowest BCUT2D eigenvalue weighted by Gasteiger charge is -2.32. The van der Waals surface area contributed by atoms with Gasteiger partial charge in [0.2, 0.25) is 0 Å². The van der Waals surface area contributed by atoms with E-state index in [4.69, 9.17) is 0 Å². The van der Waals surface area contributed by atoms with E-state index < -0.39 is 0 Å². The van der Waals surface area contributed by atoms with E-state index in [2.05, 4.69) is 82.0 Å². The van der Waals surface area contributed by atoms with Gasteiger partial charge in [-0.2, -0.15) is 0 Å². The van der Waals surface area contributed by atoms with Crippen molar-refractivity contribution >= 4 is 11.4 Å². The summed E-state index contributed by atoms with van der Waals surface area (Å²) in [5.74, 6) is 0. The van der Waals surface area contributed by atoms with Gasteiger partial charge >= 0.3 is 0 Å². The lowest BCUT2D eigenvalue weighted by molar-refractivity contribution is 0.783. The molecule has 0 aliphatic heterocycles. The Labute approximate surface area is 116 Å². The number of hydrogen-bond acceptors (Lipinski definition) is 1. The maximum Gasteiger partial charge on any atom is 0.0445 e. The molecule has 0 saturated heterocycles. The molecule has 0 fully saturated rings. The molecule has 0 amide bonds. The van der Waals surface area contributed by atoms with Crippen molar-refractivity contribution in [2.45, 2.75) is 40.7 Å². The smallest absolute Gasteiger partial charge is 0.0445 e. The molecule has 0 N–H and O–H groups in total. The largest absolute Gasteiger partial charge is 0.338 e. The lowest BCUT2D eigenvalue weighted by Crippen LogP contribution is -2.26. The highest BCUT2D eigenvalue weighted by Gasteiger charge is 2.16. The highest BCUT2D eigenvalue weighted by atomic mass is 15.2. The van der Waals surface area contributed by atoms with Crippen LogP contribution < -0.4 is 4.90 Å². The Hall–Kier alpha value is -1.76. The molecule has 19 heavy (non-hydrogen) atoms. The molecule has 0 saturated carbocycles. The maximum atomic E-state index is 2.43. The van der Waals surface area contributed by atoms with Crippen molar-refractivity contribution in [1.82, 2.24) is 0 Å². The van der Waals surface area contributed by atoms with Crippen LogP contribution in [0.2, 0.25) is 0 Å². The molecule has 0 spiro atoms. The van der Waals surface area contributed by atoms with Crippen LogP contribution in [-0.2, 0) is 0 Å². The first kappa shape index (κ1) is 13.7. The zero-order valence-electron chi connectivity index (χ0n) is 12.6. The average Bonchev–Trinajstić information content (AvgIpc) is 2.36. The third kappa shape index (κ3) is 2.81. The number of nitrogens with zero attached hydrogens (tertiary/aromatic N) is 1. The molecule has 2 aromatic carbocycles. The Morgan fingerprint density at radius 3 is 2.05 bits per heavy atom. The van der Waals surface area contributed by atoms with Crippen molar-refractivity contribution in [3.63, 3.8) is 0 Å². The fraction of sp³-hybridized carbons (Fsp3) is 0.333. The highest BCUT2D eigenvalue weighted by Crippen LogP contribution is 2.33. The van der Waals surface area contributed by atoms with E-state index in [0.717, 1.165) is 0 Å². The number of hydrogen-bond donors (Lipinski definition) is 0. The van der Waals surface area contributed by atoms with Crippen LogP contribution in [-0.4, -0.2) is 6.04 Å². The van der Waals surface area contributed by atoms with Gasteiger partial charge in [-0.3, -0.25) is 0 Å². The average molecular weight is 253 g/mol. The molecular formula is C18H23N. The molecule has 1 nitrogen and oxygen atoms in total. The van der Waals surface area contributed by atoms with Gasteiger partial charge in [-0.1, -0.05) is 30.3 Å². The predicted octanol–water partition coefficient (Wildman–Crippen LogP) is 5.16. The van der Waals surface area contributed by atoms with Gasteiger partial charge in [0.15, 0.2) is 0 Å². The Balaban J connectivity index is 2.58. The van der Waals surface area contributed by atoms with Gasteiger partial charge in [-0.05, 0) is 63.4 Å². The predicted molar refractivity (Wildman–Crippen MR) is 84.4 cm³/mol. The molecule has 0 heterocycles. The summed E-state index contributed by atoms with van der Waals surface area (Å²) in [5, 5.41) is 0. The number of para-hydroxylation sites is 1. The monoisotopic (exact) mass is 253 g/mol. The molecule has 0 atom stereocenters. The molecule has 1 heteroatoms. The molecule has 0 unspecified atom stereocenters. The van der Waals surface area contributed by atoms with Gasteiger partial charge in [-0.15, -0.1) is 0 Å². The topological polar surface area (TPSA) is 3.24 Å². The van der Waals surface area contributed by atoms with E-state index in [1.54, 1.807) is 0 Å². The molecular weight excluding hydrogens is 230 g/mol. The number of aryl methyl sites for hydroxylation is 3. The highest BCUT2D eigenvalue weighted by molar-refractivity contribution is 5.70. The first-order valence-corrected chi connectivity index (χ1v) is 6.93. The first-order chi connectivity index (χ1) is 9.00. The lowest BCUT2D eigenvalue weighted by atomic mass is 10.1. The van der Waals surface area contributed by atoms with Crippen LogP contribution >= 0.6 is 0 Å². The van der Waals surface area contributed by atoms with E-state index in [-0.39, 0.29) is 0 Å². The number of anilines is 2. The van der Waals surface area contributed by atoms with E-state index in [1.165, 1.54) is 28.1 Å². The number of benzene rings is 2. The molecule has 0 aliphatic rings. The van der Waals surface area contributed by atoms with Crippen LogP contribution in [0.25, 0.3) is 0 Å².